The average molecular weight is 229 g/mol. The molecule has 1 N–H and O–H groups in total. The topological polar surface area (TPSA) is 24.9 Å². The average Bonchev–Trinajstić information content (AvgIpc) is 2.76. The van der Waals surface area contributed by atoms with Crippen LogP contribution in [-0.4, -0.2) is 11.5 Å². The zero-order chi connectivity index (χ0) is 9.71. The smallest absolute Gasteiger partial charge is 0.131 e. The van der Waals surface area contributed by atoms with Crippen molar-refractivity contribution in [3.8, 4) is 0 Å². The summed E-state index contributed by atoms with van der Waals surface area (Å²) in [5.74, 6) is 1.68. The molecule has 1 saturated heterocycles. The van der Waals surface area contributed by atoms with Gasteiger partial charge in [0, 0.05) is 6.04 Å². The van der Waals surface area contributed by atoms with Gasteiger partial charge in [0.2, 0.25) is 0 Å². The number of rotatable bonds is 1. The van der Waals surface area contributed by atoms with Crippen LogP contribution in [0.4, 0.5) is 0 Å². The van der Waals surface area contributed by atoms with E-state index < -0.39 is 0 Å². The lowest BCUT2D eigenvalue weighted by molar-refractivity contribution is 0.562. The molecule has 0 spiro atoms. The fourth-order valence-corrected chi connectivity index (χ4v) is 2.85. The van der Waals surface area contributed by atoms with Crippen molar-refractivity contribution < 1.29 is 0 Å². The van der Waals surface area contributed by atoms with Crippen molar-refractivity contribution in [2.75, 3.05) is 6.54 Å². The molecule has 0 bridgehead atoms. The maximum absolute atomic E-state index is 5.87. The van der Waals surface area contributed by atoms with Crippen molar-refractivity contribution >= 4 is 23.2 Å². The van der Waals surface area contributed by atoms with E-state index in [2.05, 4.69) is 10.3 Å². The summed E-state index contributed by atoms with van der Waals surface area (Å²) < 4.78 is 0. The number of nitrogens with zero attached hydrogens (tertiary/aromatic N) is 1. The minimum absolute atomic E-state index is 0.443. The minimum atomic E-state index is 0.443. The highest BCUT2D eigenvalue weighted by molar-refractivity contribution is 6.32. The first-order valence-electron chi connectivity index (χ1n) is 4.80. The van der Waals surface area contributed by atoms with Crippen molar-refractivity contribution in [2.45, 2.75) is 12.5 Å². The summed E-state index contributed by atoms with van der Waals surface area (Å²) in [6, 6.07) is 4.26. The standard InChI is InChI=1S/C10H10Cl2N2/c11-8-2-5(3-9(12)14-8)10-7-1-6(7)4-13-10/h2-3,6-7,10,13H,1,4H2/t6-,7-,10-/m1/s1. The highest BCUT2D eigenvalue weighted by Crippen LogP contribution is 2.51. The fraction of sp³-hybridized carbons (Fsp3) is 0.500. The molecule has 0 amide bonds. The Kier molecular flexibility index (Phi) is 1.98. The molecule has 2 aliphatic rings. The monoisotopic (exact) mass is 228 g/mol. The predicted octanol–water partition coefficient (Wildman–Crippen LogP) is 2.67. The number of halogens is 2. The van der Waals surface area contributed by atoms with Crippen LogP contribution in [-0.2, 0) is 0 Å². The molecule has 0 radical (unpaired) electrons. The molecular formula is C10H10Cl2N2. The quantitative estimate of drug-likeness (QED) is 0.749. The number of piperidine rings is 1. The van der Waals surface area contributed by atoms with Crippen molar-refractivity contribution in [1.29, 1.82) is 0 Å². The van der Waals surface area contributed by atoms with Crippen LogP contribution in [0.1, 0.15) is 18.0 Å². The summed E-state index contributed by atoms with van der Waals surface area (Å²) in [5, 5.41) is 4.45. The van der Waals surface area contributed by atoms with Gasteiger partial charge in [0.15, 0.2) is 0 Å². The van der Waals surface area contributed by atoms with Crippen LogP contribution in [0.2, 0.25) is 10.3 Å². The summed E-state index contributed by atoms with van der Waals surface area (Å²) in [4.78, 5) is 3.95. The fourth-order valence-electron chi connectivity index (χ4n) is 2.37. The Morgan fingerprint density at radius 2 is 2.00 bits per heavy atom. The van der Waals surface area contributed by atoms with E-state index in [1.54, 1.807) is 0 Å². The van der Waals surface area contributed by atoms with Gasteiger partial charge >= 0.3 is 0 Å². The lowest BCUT2D eigenvalue weighted by atomic mass is 10.1. The van der Waals surface area contributed by atoms with Gasteiger partial charge in [0.05, 0.1) is 0 Å². The lowest BCUT2D eigenvalue weighted by Crippen LogP contribution is -2.18. The Bertz CT molecular complexity index is 360. The summed E-state index contributed by atoms with van der Waals surface area (Å²) in [7, 11) is 0. The van der Waals surface area contributed by atoms with E-state index in [-0.39, 0.29) is 0 Å². The third-order valence-corrected chi connectivity index (χ3v) is 3.54. The molecule has 14 heavy (non-hydrogen) atoms. The molecule has 74 valence electrons. The number of hydrogen-bond donors (Lipinski definition) is 1. The van der Waals surface area contributed by atoms with Crippen LogP contribution in [0, 0.1) is 11.8 Å². The second kappa shape index (κ2) is 3.09. The van der Waals surface area contributed by atoms with Gasteiger partial charge in [0.25, 0.3) is 0 Å². The molecule has 1 aliphatic carbocycles. The Morgan fingerprint density at radius 1 is 1.29 bits per heavy atom. The molecule has 4 heteroatoms. The van der Waals surface area contributed by atoms with Crippen LogP contribution < -0.4 is 5.32 Å². The van der Waals surface area contributed by atoms with Gasteiger partial charge in [-0.3, -0.25) is 0 Å². The van der Waals surface area contributed by atoms with Crippen LogP contribution in [0.15, 0.2) is 12.1 Å². The lowest BCUT2D eigenvalue weighted by Gasteiger charge is -2.13. The third-order valence-electron chi connectivity index (χ3n) is 3.15. The van der Waals surface area contributed by atoms with E-state index in [1.165, 1.54) is 12.0 Å². The molecule has 2 nitrogen and oxygen atoms in total. The summed E-state index contributed by atoms with van der Waals surface area (Å²) in [6.07, 6.45) is 1.34. The SMILES string of the molecule is Clc1cc([C@H]2NC[C@H]3C[C@H]32)cc(Cl)n1. The summed E-state index contributed by atoms with van der Waals surface area (Å²) >= 11 is 11.7. The van der Waals surface area contributed by atoms with Crippen molar-refractivity contribution in [3.63, 3.8) is 0 Å². The first kappa shape index (κ1) is 8.96. The molecule has 1 aliphatic heterocycles. The Labute approximate surface area is 92.6 Å². The van der Waals surface area contributed by atoms with Crippen molar-refractivity contribution in [3.05, 3.63) is 28.0 Å². The number of nitrogens with one attached hydrogen (secondary N) is 1. The first-order chi connectivity index (χ1) is 6.74. The van der Waals surface area contributed by atoms with Crippen LogP contribution in [0.3, 0.4) is 0 Å². The van der Waals surface area contributed by atoms with E-state index >= 15 is 0 Å². The van der Waals surface area contributed by atoms with Crippen LogP contribution >= 0.6 is 23.2 Å². The van der Waals surface area contributed by atoms with E-state index in [4.69, 9.17) is 23.2 Å². The van der Waals surface area contributed by atoms with Gasteiger partial charge < -0.3 is 5.32 Å². The number of aromatic nitrogens is 1. The Morgan fingerprint density at radius 3 is 2.50 bits per heavy atom. The number of fused-ring (bicyclic) bond motifs is 1. The zero-order valence-corrected chi connectivity index (χ0v) is 9.02. The molecule has 1 saturated carbocycles. The molecule has 2 fully saturated rings. The normalized spacial score (nSPS) is 34.3. The molecule has 2 heterocycles. The molecule has 3 atom stereocenters. The highest BCUT2D eigenvalue weighted by Gasteiger charge is 2.48. The summed E-state index contributed by atoms with van der Waals surface area (Å²) in [5.41, 5.74) is 1.18. The second-order valence-electron chi connectivity index (χ2n) is 4.09. The van der Waals surface area contributed by atoms with Crippen molar-refractivity contribution in [2.24, 2.45) is 11.8 Å². The van der Waals surface area contributed by atoms with Gasteiger partial charge in [0.1, 0.15) is 10.3 Å². The van der Waals surface area contributed by atoms with E-state index in [0.717, 1.165) is 18.4 Å². The first-order valence-corrected chi connectivity index (χ1v) is 5.56. The van der Waals surface area contributed by atoms with Crippen LogP contribution in [0.25, 0.3) is 0 Å². The number of hydrogen-bond acceptors (Lipinski definition) is 2. The van der Waals surface area contributed by atoms with E-state index in [1.807, 2.05) is 12.1 Å². The minimum Gasteiger partial charge on any atom is -0.309 e. The molecule has 1 aromatic heterocycles. The largest absolute Gasteiger partial charge is 0.309 e. The molecule has 1 aromatic rings. The molecule has 0 unspecified atom stereocenters. The predicted molar refractivity (Wildman–Crippen MR) is 56.6 cm³/mol. The molecule has 3 rings (SSSR count). The summed E-state index contributed by atoms with van der Waals surface area (Å²) in [6.45, 7) is 1.13. The third kappa shape index (κ3) is 1.42. The second-order valence-corrected chi connectivity index (χ2v) is 4.87. The molecule has 0 aromatic carbocycles. The van der Waals surface area contributed by atoms with Crippen LogP contribution in [0.5, 0.6) is 0 Å². The van der Waals surface area contributed by atoms with E-state index in [9.17, 15) is 0 Å². The maximum Gasteiger partial charge on any atom is 0.131 e. The van der Waals surface area contributed by atoms with Crippen molar-refractivity contribution in [1.82, 2.24) is 10.3 Å². The van der Waals surface area contributed by atoms with Gasteiger partial charge in [-0.1, -0.05) is 23.2 Å². The van der Waals surface area contributed by atoms with Gasteiger partial charge in [-0.2, -0.15) is 0 Å². The van der Waals surface area contributed by atoms with Gasteiger partial charge in [-0.25, -0.2) is 4.98 Å². The Hall–Kier alpha value is -0.310. The van der Waals surface area contributed by atoms with E-state index in [0.29, 0.717) is 16.3 Å². The zero-order valence-electron chi connectivity index (χ0n) is 7.50. The maximum atomic E-state index is 5.87. The van der Waals surface area contributed by atoms with Gasteiger partial charge in [-0.05, 0) is 42.5 Å². The number of pyridine rings is 1. The van der Waals surface area contributed by atoms with Gasteiger partial charge in [-0.15, -0.1) is 0 Å². The molecular weight excluding hydrogens is 219 g/mol. The Balaban J connectivity index is 1.95. The highest BCUT2D eigenvalue weighted by atomic mass is 35.5.